The number of aromatic hydroxyl groups is 2. The lowest BCUT2D eigenvalue weighted by molar-refractivity contribution is 0.101. The molecule has 6 heteroatoms. The van der Waals surface area contributed by atoms with Crippen molar-refractivity contribution in [2.45, 2.75) is 0 Å². The van der Waals surface area contributed by atoms with Gasteiger partial charge in [-0.15, -0.1) is 0 Å². The Morgan fingerprint density at radius 1 is 1.04 bits per heavy atom. The first-order chi connectivity index (χ1) is 11.0. The third-order valence-corrected chi connectivity index (χ3v) is 3.46. The predicted octanol–water partition coefficient (Wildman–Crippen LogP) is 2.73. The van der Waals surface area contributed by atoms with Crippen LogP contribution in [0.15, 0.2) is 36.1 Å². The lowest BCUT2D eigenvalue weighted by Gasteiger charge is -2.06. The van der Waals surface area contributed by atoms with E-state index in [0.29, 0.717) is 17.1 Å². The maximum atomic E-state index is 12.3. The fourth-order valence-electron chi connectivity index (χ4n) is 2.29. The number of ketones is 1. The van der Waals surface area contributed by atoms with E-state index in [2.05, 4.69) is 0 Å². The summed E-state index contributed by atoms with van der Waals surface area (Å²) < 4.78 is 15.8. The Morgan fingerprint density at radius 2 is 1.70 bits per heavy atom. The molecule has 1 aliphatic heterocycles. The SMILES string of the molecule is COc1cc(/C=C2\Oc3c(ccc(O)c3O)C2=O)cc(OC)c1. The first-order valence-electron chi connectivity index (χ1n) is 6.75. The second-order valence-corrected chi connectivity index (χ2v) is 4.90. The van der Waals surface area contributed by atoms with Gasteiger partial charge in [-0.05, 0) is 35.9 Å². The van der Waals surface area contributed by atoms with Crippen molar-refractivity contribution in [2.75, 3.05) is 14.2 Å². The highest BCUT2D eigenvalue weighted by Gasteiger charge is 2.31. The summed E-state index contributed by atoms with van der Waals surface area (Å²) in [6, 6.07) is 7.78. The Bertz CT molecular complexity index is 800. The summed E-state index contributed by atoms with van der Waals surface area (Å²) in [5.41, 5.74) is 0.836. The van der Waals surface area contributed by atoms with Gasteiger partial charge in [0.25, 0.3) is 0 Å². The van der Waals surface area contributed by atoms with Gasteiger partial charge < -0.3 is 24.4 Å². The Labute approximate surface area is 132 Å². The highest BCUT2D eigenvalue weighted by Crippen LogP contribution is 2.44. The Balaban J connectivity index is 2.02. The summed E-state index contributed by atoms with van der Waals surface area (Å²) in [6.07, 6.45) is 1.52. The Hall–Kier alpha value is -3.15. The molecule has 0 saturated carbocycles. The molecule has 2 N–H and O–H groups in total. The average molecular weight is 314 g/mol. The zero-order chi connectivity index (χ0) is 16.6. The van der Waals surface area contributed by atoms with E-state index in [9.17, 15) is 15.0 Å². The van der Waals surface area contributed by atoms with Gasteiger partial charge in [0, 0.05) is 6.07 Å². The minimum absolute atomic E-state index is 0.0382. The number of fused-ring (bicyclic) bond motifs is 1. The van der Waals surface area contributed by atoms with Crippen LogP contribution >= 0.6 is 0 Å². The number of hydrogen-bond donors (Lipinski definition) is 2. The number of benzene rings is 2. The van der Waals surface area contributed by atoms with Gasteiger partial charge in [-0.1, -0.05) is 0 Å². The summed E-state index contributed by atoms with van der Waals surface area (Å²) >= 11 is 0. The van der Waals surface area contributed by atoms with Crippen LogP contribution < -0.4 is 14.2 Å². The molecule has 0 bridgehead atoms. The number of phenols is 2. The van der Waals surface area contributed by atoms with E-state index >= 15 is 0 Å². The molecule has 0 unspecified atom stereocenters. The van der Waals surface area contributed by atoms with E-state index < -0.39 is 5.75 Å². The van der Waals surface area contributed by atoms with Crippen molar-refractivity contribution < 1.29 is 29.2 Å². The van der Waals surface area contributed by atoms with Crippen LogP contribution in [0.4, 0.5) is 0 Å². The molecule has 0 amide bonds. The van der Waals surface area contributed by atoms with E-state index in [0.717, 1.165) is 0 Å². The van der Waals surface area contributed by atoms with Crippen molar-refractivity contribution in [3.05, 3.63) is 47.2 Å². The number of Topliss-reactive ketones (excluding diaryl/α,β-unsaturated/α-hetero) is 1. The van der Waals surface area contributed by atoms with Crippen molar-refractivity contribution in [3.63, 3.8) is 0 Å². The number of carbonyl (C=O) groups is 1. The molecule has 0 atom stereocenters. The van der Waals surface area contributed by atoms with Crippen molar-refractivity contribution >= 4 is 11.9 Å². The Kier molecular flexibility index (Phi) is 3.57. The highest BCUT2D eigenvalue weighted by molar-refractivity contribution is 6.15. The van der Waals surface area contributed by atoms with E-state index in [4.69, 9.17) is 14.2 Å². The largest absolute Gasteiger partial charge is 0.504 e. The summed E-state index contributed by atoms with van der Waals surface area (Å²) in [5, 5.41) is 19.3. The molecular weight excluding hydrogens is 300 g/mol. The van der Waals surface area contributed by atoms with Gasteiger partial charge in [-0.25, -0.2) is 0 Å². The lowest BCUT2D eigenvalue weighted by Crippen LogP contribution is -1.98. The normalized spacial score (nSPS) is 14.5. The summed E-state index contributed by atoms with van der Waals surface area (Å²) in [4.78, 5) is 12.3. The molecule has 1 aliphatic rings. The molecular formula is C17H14O6. The van der Waals surface area contributed by atoms with Gasteiger partial charge >= 0.3 is 0 Å². The molecule has 0 aliphatic carbocycles. The molecule has 2 aromatic carbocycles. The lowest BCUT2D eigenvalue weighted by atomic mass is 10.1. The molecule has 0 saturated heterocycles. The van der Waals surface area contributed by atoms with E-state index in [-0.39, 0.29) is 28.6 Å². The second-order valence-electron chi connectivity index (χ2n) is 4.90. The highest BCUT2D eigenvalue weighted by atomic mass is 16.5. The number of carbonyl (C=O) groups excluding carboxylic acids is 1. The smallest absolute Gasteiger partial charge is 0.232 e. The topological polar surface area (TPSA) is 85.2 Å². The molecule has 0 radical (unpaired) electrons. The number of rotatable bonds is 3. The minimum atomic E-state index is -0.456. The molecule has 3 rings (SSSR count). The second kappa shape index (κ2) is 5.57. The summed E-state index contributed by atoms with van der Waals surface area (Å²) in [5.74, 6) is -0.0490. The maximum Gasteiger partial charge on any atom is 0.232 e. The molecule has 23 heavy (non-hydrogen) atoms. The number of ether oxygens (including phenoxy) is 3. The Morgan fingerprint density at radius 3 is 2.30 bits per heavy atom. The zero-order valence-corrected chi connectivity index (χ0v) is 12.5. The number of phenolic OH excluding ortho intramolecular Hbond substituents is 2. The minimum Gasteiger partial charge on any atom is -0.504 e. The summed E-state index contributed by atoms with van der Waals surface area (Å²) in [7, 11) is 3.05. The quantitative estimate of drug-likeness (QED) is 0.669. The zero-order valence-electron chi connectivity index (χ0n) is 12.5. The predicted molar refractivity (Wildman–Crippen MR) is 82.3 cm³/mol. The van der Waals surface area contributed by atoms with Crippen LogP contribution in [-0.2, 0) is 0 Å². The molecule has 1 heterocycles. The molecule has 6 nitrogen and oxygen atoms in total. The molecule has 0 fully saturated rings. The van der Waals surface area contributed by atoms with Crippen LogP contribution in [0.1, 0.15) is 15.9 Å². The third-order valence-electron chi connectivity index (χ3n) is 3.46. The van der Waals surface area contributed by atoms with Gasteiger partial charge in [0.2, 0.25) is 11.5 Å². The van der Waals surface area contributed by atoms with Gasteiger partial charge in [-0.2, -0.15) is 0 Å². The molecule has 2 aromatic rings. The summed E-state index contributed by atoms with van der Waals surface area (Å²) in [6.45, 7) is 0. The molecule has 118 valence electrons. The van der Waals surface area contributed by atoms with Crippen molar-refractivity contribution in [2.24, 2.45) is 0 Å². The molecule has 0 spiro atoms. The first-order valence-corrected chi connectivity index (χ1v) is 6.75. The van der Waals surface area contributed by atoms with Crippen molar-refractivity contribution in [3.8, 4) is 28.7 Å². The molecule has 0 aromatic heterocycles. The number of methoxy groups -OCH3 is 2. The van der Waals surface area contributed by atoms with Crippen LogP contribution in [0.2, 0.25) is 0 Å². The van der Waals surface area contributed by atoms with Crippen LogP contribution in [0.3, 0.4) is 0 Å². The van der Waals surface area contributed by atoms with Crippen LogP contribution in [0.5, 0.6) is 28.7 Å². The van der Waals surface area contributed by atoms with Crippen LogP contribution in [0, 0.1) is 0 Å². The van der Waals surface area contributed by atoms with Crippen LogP contribution in [-0.4, -0.2) is 30.2 Å². The monoisotopic (exact) mass is 314 g/mol. The first kappa shape index (κ1) is 14.8. The third kappa shape index (κ3) is 2.55. The van der Waals surface area contributed by atoms with Crippen molar-refractivity contribution in [1.82, 2.24) is 0 Å². The fourth-order valence-corrected chi connectivity index (χ4v) is 2.29. The number of allylic oxidation sites excluding steroid dienone is 1. The van der Waals surface area contributed by atoms with Crippen molar-refractivity contribution in [1.29, 1.82) is 0 Å². The van der Waals surface area contributed by atoms with E-state index in [1.165, 1.54) is 32.4 Å². The van der Waals surface area contributed by atoms with Gasteiger partial charge in [0.15, 0.2) is 17.3 Å². The standard InChI is InChI=1S/C17H14O6/c1-21-10-5-9(6-11(8-10)22-2)7-14-15(19)12-3-4-13(18)16(20)17(12)23-14/h3-8,18,20H,1-2H3/b14-7-. The van der Waals surface area contributed by atoms with Gasteiger partial charge in [0.05, 0.1) is 19.8 Å². The van der Waals surface area contributed by atoms with E-state index in [1.54, 1.807) is 18.2 Å². The van der Waals surface area contributed by atoms with Crippen LogP contribution in [0.25, 0.3) is 6.08 Å². The average Bonchev–Trinajstić information content (AvgIpc) is 2.87. The number of hydrogen-bond acceptors (Lipinski definition) is 6. The maximum absolute atomic E-state index is 12.3. The van der Waals surface area contributed by atoms with Gasteiger partial charge in [0.1, 0.15) is 11.5 Å². The van der Waals surface area contributed by atoms with E-state index in [1.807, 2.05) is 0 Å². The fraction of sp³-hybridized carbons (Fsp3) is 0.118. The van der Waals surface area contributed by atoms with Gasteiger partial charge in [-0.3, -0.25) is 4.79 Å².